The molecule has 1 aromatic heterocycles. The highest BCUT2D eigenvalue weighted by Crippen LogP contribution is 2.22. The second kappa shape index (κ2) is 10.2. The maximum Gasteiger partial charge on any atom is 0.244 e. The molecule has 0 radical (unpaired) electrons. The Hall–Kier alpha value is -2.18. The van der Waals surface area contributed by atoms with E-state index in [4.69, 9.17) is 4.74 Å². The van der Waals surface area contributed by atoms with Gasteiger partial charge < -0.3 is 9.64 Å². The number of nitrogens with zero attached hydrogens (tertiary/aromatic N) is 4. The van der Waals surface area contributed by atoms with Crippen LogP contribution >= 0.6 is 0 Å². The van der Waals surface area contributed by atoms with Gasteiger partial charge in [-0.25, -0.2) is 0 Å². The van der Waals surface area contributed by atoms with Crippen LogP contribution in [-0.4, -0.2) is 64.4 Å². The third-order valence-electron chi connectivity index (χ3n) is 6.50. The van der Waals surface area contributed by atoms with Crippen molar-refractivity contribution in [1.82, 2.24) is 19.6 Å². The molecule has 0 spiro atoms. The van der Waals surface area contributed by atoms with Crippen LogP contribution in [0.1, 0.15) is 36.8 Å². The maximum atomic E-state index is 13.0. The van der Waals surface area contributed by atoms with E-state index in [2.05, 4.69) is 41.2 Å². The van der Waals surface area contributed by atoms with E-state index < -0.39 is 0 Å². The summed E-state index contributed by atoms with van der Waals surface area (Å²) in [6.07, 6.45) is 8.21. The van der Waals surface area contributed by atoms with Crippen molar-refractivity contribution in [3.63, 3.8) is 0 Å². The summed E-state index contributed by atoms with van der Waals surface area (Å²) in [6, 6.07) is 10.5. The number of amides is 1. The Morgan fingerprint density at radius 2 is 2.00 bits per heavy atom. The second-order valence-electron chi connectivity index (χ2n) is 8.78. The first-order valence-corrected chi connectivity index (χ1v) is 11.3. The van der Waals surface area contributed by atoms with Crippen LogP contribution in [0.5, 0.6) is 0 Å². The van der Waals surface area contributed by atoms with Gasteiger partial charge >= 0.3 is 0 Å². The number of aryl methyl sites for hydroxylation is 1. The Bertz CT molecular complexity index is 793. The average molecular weight is 411 g/mol. The van der Waals surface area contributed by atoms with E-state index >= 15 is 0 Å². The van der Waals surface area contributed by atoms with Crippen molar-refractivity contribution in [3.05, 3.63) is 53.9 Å². The van der Waals surface area contributed by atoms with Gasteiger partial charge in [-0.15, -0.1) is 0 Å². The predicted molar refractivity (Wildman–Crippen MR) is 117 cm³/mol. The number of piperidine rings is 1. The van der Waals surface area contributed by atoms with Crippen molar-refractivity contribution < 1.29 is 9.53 Å². The topological polar surface area (TPSA) is 50.6 Å². The predicted octanol–water partition coefficient (Wildman–Crippen LogP) is 3.11. The number of likely N-dealkylation sites (tertiary alicyclic amines) is 1. The quantitative estimate of drug-likeness (QED) is 0.671. The molecule has 6 nitrogen and oxygen atoms in total. The van der Waals surface area contributed by atoms with E-state index in [1.807, 2.05) is 17.2 Å². The van der Waals surface area contributed by atoms with Gasteiger partial charge in [-0.2, -0.15) is 5.10 Å². The first kappa shape index (κ1) is 21.1. The normalized spacial score (nSPS) is 20.5. The number of benzene rings is 1. The van der Waals surface area contributed by atoms with E-state index in [0.717, 1.165) is 58.5 Å². The van der Waals surface area contributed by atoms with Gasteiger partial charge in [0.2, 0.25) is 5.91 Å². The Kier molecular flexibility index (Phi) is 7.18. The van der Waals surface area contributed by atoms with Gasteiger partial charge in [0, 0.05) is 38.6 Å². The molecule has 2 fully saturated rings. The summed E-state index contributed by atoms with van der Waals surface area (Å²) >= 11 is 0. The number of ether oxygens (including phenoxy) is 1. The van der Waals surface area contributed by atoms with Crippen LogP contribution in [0.25, 0.3) is 0 Å². The van der Waals surface area contributed by atoms with Crippen LogP contribution in [0.15, 0.2) is 42.7 Å². The Morgan fingerprint density at radius 3 is 2.70 bits per heavy atom. The number of rotatable bonds is 8. The van der Waals surface area contributed by atoms with Crippen molar-refractivity contribution in [2.24, 2.45) is 5.92 Å². The Balaban J connectivity index is 1.31. The monoisotopic (exact) mass is 410 g/mol. The molecular weight excluding hydrogens is 376 g/mol. The lowest BCUT2D eigenvalue weighted by atomic mass is 9.95. The maximum absolute atomic E-state index is 13.0. The highest BCUT2D eigenvalue weighted by molar-refractivity contribution is 5.76. The Labute approximate surface area is 179 Å². The highest BCUT2D eigenvalue weighted by Gasteiger charge is 2.27. The van der Waals surface area contributed by atoms with E-state index in [1.165, 1.54) is 11.1 Å². The summed E-state index contributed by atoms with van der Waals surface area (Å²) in [5.74, 6) is 0.706. The summed E-state index contributed by atoms with van der Waals surface area (Å²) < 4.78 is 7.55. The van der Waals surface area contributed by atoms with Crippen molar-refractivity contribution in [3.8, 4) is 0 Å². The molecule has 2 saturated heterocycles. The van der Waals surface area contributed by atoms with E-state index in [0.29, 0.717) is 19.0 Å². The molecule has 1 atom stereocenters. The summed E-state index contributed by atoms with van der Waals surface area (Å²) in [6.45, 7) is 8.09. The molecule has 0 N–H and O–H groups in total. The number of hydrogen-bond acceptors (Lipinski definition) is 4. The fraction of sp³-hybridized carbons (Fsp3) is 0.583. The van der Waals surface area contributed by atoms with Gasteiger partial charge in [0.05, 0.1) is 6.10 Å². The molecule has 2 aliphatic heterocycles. The second-order valence-corrected chi connectivity index (χ2v) is 8.78. The summed E-state index contributed by atoms with van der Waals surface area (Å²) in [7, 11) is 0. The van der Waals surface area contributed by atoms with Crippen LogP contribution in [0, 0.1) is 12.8 Å². The van der Waals surface area contributed by atoms with Crippen LogP contribution in [0.3, 0.4) is 0 Å². The molecule has 0 saturated carbocycles. The van der Waals surface area contributed by atoms with Crippen molar-refractivity contribution in [2.45, 2.75) is 51.8 Å². The molecule has 4 rings (SSSR count). The molecule has 2 aromatic rings. The van der Waals surface area contributed by atoms with Gasteiger partial charge in [0.25, 0.3) is 0 Å². The molecule has 162 valence electrons. The lowest BCUT2D eigenvalue weighted by Crippen LogP contribution is -2.44. The number of hydrogen-bond donors (Lipinski definition) is 0. The standard InChI is InChI=1S/C24H34N4O2/c1-20-6-2-3-7-22(20)17-26-13-9-21(10-14-26)16-27(18-23-8-4-15-30-23)24(29)19-28-12-5-11-25-28/h2-3,5-7,11-12,21,23H,4,8-10,13-19H2,1H3/t23-/m0/s1. The molecule has 3 heterocycles. The molecular formula is C24H34N4O2. The highest BCUT2D eigenvalue weighted by atomic mass is 16.5. The van der Waals surface area contributed by atoms with Gasteiger partial charge in [-0.05, 0) is 68.8 Å². The molecule has 0 bridgehead atoms. The minimum Gasteiger partial charge on any atom is -0.376 e. The van der Waals surface area contributed by atoms with Crippen LogP contribution < -0.4 is 0 Å². The van der Waals surface area contributed by atoms with Crippen LogP contribution in [0.2, 0.25) is 0 Å². The zero-order valence-electron chi connectivity index (χ0n) is 18.1. The molecule has 2 aliphatic rings. The average Bonchev–Trinajstić information content (AvgIpc) is 3.45. The first-order valence-electron chi connectivity index (χ1n) is 11.3. The van der Waals surface area contributed by atoms with Crippen molar-refractivity contribution in [2.75, 3.05) is 32.8 Å². The molecule has 0 unspecified atom stereocenters. The summed E-state index contributed by atoms with van der Waals surface area (Å²) in [4.78, 5) is 17.6. The molecule has 30 heavy (non-hydrogen) atoms. The number of carbonyl (C=O) groups is 1. The van der Waals surface area contributed by atoms with Gasteiger partial charge in [-0.3, -0.25) is 14.4 Å². The third kappa shape index (κ3) is 5.70. The lowest BCUT2D eigenvalue weighted by molar-refractivity contribution is -0.134. The number of carbonyl (C=O) groups excluding carboxylic acids is 1. The largest absolute Gasteiger partial charge is 0.376 e. The van der Waals surface area contributed by atoms with E-state index in [1.54, 1.807) is 10.9 Å². The lowest BCUT2D eigenvalue weighted by Gasteiger charge is -2.35. The minimum absolute atomic E-state index is 0.150. The van der Waals surface area contributed by atoms with Gasteiger partial charge in [0.15, 0.2) is 0 Å². The zero-order chi connectivity index (χ0) is 20.8. The van der Waals surface area contributed by atoms with Crippen LogP contribution in [0.4, 0.5) is 0 Å². The number of aromatic nitrogens is 2. The minimum atomic E-state index is 0.150. The fourth-order valence-corrected chi connectivity index (χ4v) is 4.61. The van der Waals surface area contributed by atoms with E-state index in [9.17, 15) is 4.79 Å². The fourth-order valence-electron chi connectivity index (χ4n) is 4.61. The summed E-state index contributed by atoms with van der Waals surface area (Å²) in [5, 5.41) is 4.21. The molecule has 1 aromatic carbocycles. The van der Waals surface area contributed by atoms with Crippen molar-refractivity contribution in [1.29, 1.82) is 0 Å². The van der Waals surface area contributed by atoms with E-state index in [-0.39, 0.29) is 12.0 Å². The SMILES string of the molecule is Cc1ccccc1CN1CCC(CN(C[C@@H]2CCCO2)C(=O)Cn2cccn2)CC1. The van der Waals surface area contributed by atoms with Crippen LogP contribution in [-0.2, 0) is 22.6 Å². The molecule has 6 heteroatoms. The third-order valence-corrected chi connectivity index (χ3v) is 6.50. The van der Waals surface area contributed by atoms with Gasteiger partial charge in [-0.1, -0.05) is 24.3 Å². The smallest absolute Gasteiger partial charge is 0.244 e. The first-order chi connectivity index (χ1) is 14.7. The molecule has 1 amide bonds. The molecule has 0 aliphatic carbocycles. The Morgan fingerprint density at radius 1 is 1.17 bits per heavy atom. The summed E-state index contributed by atoms with van der Waals surface area (Å²) in [5.41, 5.74) is 2.79. The zero-order valence-corrected chi connectivity index (χ0v) is 18.1. The van der Waals surface area contributed by atoms with Crippen molar-refractivity contribution >= 4 is 5.91 Å². The van der Waals surface area contributed by atoms with Gasteiger partial charge in [0.1, 0.15) is 6.54 Å².